The summed E-state index contributed by atoms with van der Waals surface area (Å²) in [5.74, 6) is 0.124. The van der Waals surface area contributed by atoms with Gasteiger partial charge in [-0.1, -0.05) is 25.5 Å². The minimum absolute atomic E-state index is 0.140. The number of carbonyl (C=O) groups excluding carboxylic acids is 2. The van der Waals surface area contributed by atoms with Crippen LogP contribution in [-0.4, -0.2) is 59.4 Å². The van der Waals surface area contributed by atoms with Crippen molar-refractivity contribution in [3.05, 3.63) is 48.2 Å². The Bertz CT molecular complexity index is 877. The highest BCUT2D eigenvalue weighted by Gasteiger charge is 2.34. The molecule has 0 aliphatic carbocycles. The summed E-state index contributed by atoms with van der Waals surface area (Å²) in [6.45, 7) is 6.35. The van der Waals surface area contributed by atoms with Gasteiger partial charge >= 0.3 is 6.03 Å². The van der Waals surface area contributed by atoms with E-state index in [1.54, 1.807) is 23.2 Å². The van der Waals surface area contributed by atoms with E-state index in [2.05, 4.69) is 22.1 Å². The zero-order chi connectivity index (χ0) is 19.5. The Morgan fingerprint density at radius 1 is 1.11 bits per heavy atom. The van der Waals surface area contributed by atoms with E-state index in [1.807, 2.05) is 29.2 Å². The largest absolute Gasteiger partial charge is 0.330 e. The van der Waals surface area contributed by atoms with Crippen molar-refractivity contribution in [3.63, 3.8) is 0 Å². The van der Waals surface area contributed by atoms with E-state index in [9.17, 15) is 9.59 Å². The van der Waals surface area contributed by atoms with E-state index < -0.39 is 0 Å². The lowest BCUT2D eigenvalue weighted by molar-refractivity contribution is 0.102. The van der Waals surface area contributed by atoms with E-state index in [0.717, 1.165) is 19.6 Å². The number of piperazine rings is 1. The molecule has 146 valence electrons. The Morgan fingerprint density at radius 3 is 2.68 bits per heavy atom. The minimum Gasteiger partial charge on any atom is -0.321 e. The number of nitrogens with zero attached hydrogens (tertiary/aromatic N) is 4. The van der Waals surface area contributed by atoms with Crippen molar-refractivity contribution in [1.29, 1.82) is 0 Å². The molecular formula is C21H25N5O2. The summed E-state index contributed by atoms with van der Waals surface area (Å²) < 4.78 is 0. The number of urea groups is 1. The first-order valence-electron chi connectivity index (χ1n) is 9.86. The number of aromatic nitrogens is 1. The highest BCUT2D eigenvalue weighted by Crippen LogP contribution is 2.37. The van der Waals surface area contributed by atoms with Crippen molar-refractivity contribution >= 4 is 29.1 Å². The maximum atomic E-state index is 13.5. The van der Waals surface area contributed by atoms with Crippen LogP contribution in [0.5, 0.6) is 0 Å². The molecule has 3 amide bonds. The quantitative estimate of drug-likeness (QED) is 0.888. The van der Waals surface area contributed by atoms with Crippen LogP contribution < -0.4 is 10.2 Å². The fraction of sp³-hybridized carbons (Fsp3) is 0.381. The van der Waals surface area contributed by atoms with Gasteiger partial charge in [0.2, 0.25) is 0 Å². The Morgan fingerprint density at radius 2 is 1.89 bits per heavy atom. The molecule has 0 spiro atoms. The maximum Gasteiger partial charge on any atom is 0.330 e. The van der Waals surface area contributed by atoms with Crippen LogP contribution in [0.1, 0.15) is 30.1 Å². The molecule has 2 aromatic rings. The third-order valence-corrected chi connectivity index (χ3v) is 5.30. The number of pyridine rings is 1. The van der Waals surface area contributed by atoms with Crippen molar-refractivity contribution in [2.24, 2.45) is 0 Å². The van der Waals surface area contributed by atoms with Crippen LogP contribution in [0.15, 0.2) is 42.6 Å². The van der Waals surface area contributed by atoms with Gasteiger partial charge in [0.1, 0.15) is 0 Å². The van der Waals surface area contributed by atoms with Crippen molar-refractivity contribution < 1.29 is 9.59 Å². The predicted molar refractivity (Wildman–Crippen MR) is 109 cm³/mol. The zero-order valence-corrected chi connectivity index (χ0v) is 16.1. The van der Waals surface area contributed by atoms with Crippen molar-refractivity contribution in [2.75, 3.05) is 42.9 Å². The van der Waals surface area contributed by atoms with Crippen LogP contribution in [0, 0.1) is 0 Å². The van der Waals surface area contributed by atoms with E-state index in [0.29, 0.717) is 35.8 Å². The average Bonchev–Trinajstić information content (AvgIpc) is 2.86. The molecule has 3 heterocycles. The van der Waals surface area contributed by atoms with Crippen molar-refractivity contribution in [3.8, 4) is 0 Å². The number of hydrogen-bond acceptors (Lipinski definition) is 4. The number of unbranched alkanes of at least 4 members (excludes halogenated alkanes) is 1. The second kappa shape index (κ2) is 7.98. The monoisotopic (exact) mass is 379 g/mol. The Balaban J connectivity index is 1.64. The molecule has 1 aromatic carbocycles. The summed E-state index contributed by atoms with van der Waals surface area (Å²) in [4.78, 5) is 36.4. The molecule has 0 atom stereocenters. The van der Waals surface area contributed by atoms with Crippen LogP contribution in [0.25, 0.3) is 0 Å². The lowest BCUT2D eigenvalue weighted by Crippen LogP contribution is -2.52. The Kier molecular flexibility index (Phi) is 5.25. The van der Waals surface area contributed by atoms with Gasteiger partial charge in [-0.05, 0) is 37.2 Å². The molecule has 7 nitrogen and oxygen atoms in total. The van der Waals surface area contributed by atoms with E-state index in [-0.39, 0.29) is 11.9 Å². The predicted octanol–water partition coefficient (Wildman–Crippen LogP) is 3.32. The molecule has 1 N–H and O–H groups in total. The summed E-state index contributed by atoms with van der Waals surface area (Å²) in [5.41, 5.74) is 1.65. The summed E-state index contributed by atoms with van der Waals surface area (Å²) >= 11 is 0. The first kappa shape index (κ1) is 18.4. The molecule has 7 heteroatoms. The third kappa shape index (κ3) is 3.45. The SMILES string of the molecule is CCCCN1CCN(C(=O)N2c3ccccc3NC(=O)c3cccnc32)CC1. The highest BCUT2D eigenvalue weighted by molar-refractivity contribution is 6.16. The molecular weight excluding hydrogens is 354 g/mol. The lowest BCUT2D eigenvalue weighted by Gasteiger charge is -2.37. The summed E-state index contributed by atoms with van der Waals surface area (Å²) in [5, 5.41) is 2.90. The van der Waals surface area contributed by atoms with Crippen LogP contribution >= 0.6 is 0 Å². The van der Waals surface area contributed by atoms with Crippen molar-refractivity contribution in [2.45, 2.75) is 19.8 Å². The van der Waals surface area contributed by atoms with E-state index >= 15 is 0 Å². The smallest absolute Gasteiger partial charge is 0.321 e. The Labute approximate surface area is 164 Å². The zero-order valence-electron chi connectivity index (χ0n) is 16.1. The van der Waals surface area contributed by atoms with Crippen LogP contribution in [-0.2, 0) is 0 Å². The number of fused-ring (bicyclic) bond motifs is 2. The topological polar surface area (TPSA) is 68.8 Å². The molecule has 1 fully saturated rings. The van der Waals surface area contributed by atoms with E-state index in [1.165, 1.54) is 12.8 Å². The normalized spacial score (nSPS) is 16.8. The molecule has 2 aliphatic rings. The van der Waals surface area contributed by atoms with Crippen LogP contribution in [0.4, 0.5) is 22.0 Å². The van der Waals surface area contributed by atoms with Gasteiger partial charge < -0.3 is 10.2 Å². The fourth-order valence-electron chi connectivity index (χ4n) is 3.71. The number of hydrogen-bond donors (Lipinski definition) is 1. The average molecular weight is 379 g/mol. The number of nitrogens with one attached hydrogen (secondary N) is 1. The van der Waals surface area contributed by atoms with Gasteiger partial charge in [-0.15, -0.1) is 0 Å². The number of para-hydroxylation sites is 2. The molecule has 1 saturated heterocycles. The van der Waals surface area contributed by atoms with Gasteiger partial charge in [0.15, 0.2) is 5.82 Å². The highest BCUT2D eigenvalue weighted by atomic mass is 16.2. The standard InChI is InChI=1S/C21H25N5O2/c1-2-3-11-24-12-14-25(15-13-24)21(28)26-18-9-5-4-8-17(18)23-20(27)16-7-6-10-22-19(16)26/h4-10H,2-3,11-15H2,1H3,(H,23,27). The van der Waals surface area contributed by atoms with Gasteiger partial charge in [-0.25, -0.2) is 14.7 Å². The molecule has 2 aliphatic heterocycles. The summed E-state index contributed by atoms with van der Waals surface area (Å²) in [6, 6.07) is 10.6. The maximum absolute atomic E-state index is 13.5. The van der Waals surface area contributed by atoms with Crippen molar-refractivity contribution in [1.82, 2.24) is 14.8 Å². The lowest BCUT2D eigenvalue weighted by atomic mass is 10.2. The number of anilines is 3. The van der Waals surface area contributed by atoms with Gasteiger partial charge in [0.25, 0.3) is 5.91 Å². The number of carbonyl (C=O) groups is 2. The van der Waals surface area contributed by atoms with Crippen LogP contribution in [0.3, 0.4) is 0 Å². The summed E-state index contributed by atoms with van der Waals surface area (Å²) in [6.07, 6.45) is 3.97. The summed E-state index contributed by atoms with van der Waals surface area (Å²) in [7, 11) is 0. The first-order chi connectivity index (χ1) is 13.7. The van der Waals surface area contributed by atoms with Gasteiger partial charge in [0.05, 0.1) is 16.9 Å². The first-order valence-corrected chi connectivity index (χ1v) is 9.86. The molecule has 0 saturated carbocycles. The molecule has 28 heavy (non-hydrogen) atoms. The Hall–Kier alpha value is -2.93. The van der Waals surface area contributed by atoms with Crippen LogP contribution in [0.2, 0.25) is 0 Å². The van der Waals surface area contributed by atoms with E-state index in [4.69, 9.17) is 0 Å². The fourth-order valence-corrected chi connectivity index (χ4v) is 3.71. The number of rotatable bonds is 3. The molecule has 0 unspecified atom stereocenters. The minimum atomic E-state index is -0.254. The molecule has 4 rings (SSSR count). The van der Waals surface area contributed by atoms with Gasteiger partial charge in [-0.2, -0.15) is 0 Å². The molecule has 0 bridgehead atoms. The molecule has 1 aromatic heterocycles. The van der Waals surface area contributed by atoms with Gasteiger partial charge in [0, 0.05) is 32.4 Å². The number of benzene rings is 1. The third-order valence-electron chi connectivity index (χ3n) is 5.30. The second-order valence-corrected chi connectivity index (χ2v) is 7.15. The molecule has 0 radical (unpaired) electrons. The van der Waals surface area contributed by atoms with Gasteiger partial charge in [-0.3, -0.25) is 9.69 Å². The second-order valence-electron chi connectivity index (χ2n) is 7.15. The number of amides is 3.